The maximum atomic E-state index is 11.3. The molecule has 0 heterocycles. The second-order valence-corrected chi connectivity index (χ2v) is 4.49. The van der Waals surface area contributed by atoms with Gasteiger partial charge in [-0.25, -0.2) is 4.79 Å². The summed E-state index contributed by atoms with van der Waals surface area (Å²) in [5.74, 6) is -0.258. The first-order valence-electron chi connectivity index (χ1n) is 4.77. The van der Waals surface area contributed by atoms with Crippen LogP contribution in [0.3, 0.4) is 0 Å². The zero-order chi connectivity index (χ0) is 9.90. The molecule has 0 radical (unpaired) electrons. The Balaban J connectivity index is 2.41. The molecular weight excluding hydrogens is 166 g/mol. The van der Waals surface area contributed by atoms with Gasteiger partial charge in [0.05, 0.1) is 11.1 Å². The Morgan fingerprint density at radius 3 is 2.31 bits per heavy atom. The summed E-state index contributed by atoms with van der Waals surface area (Å²) in [5, 5.41) is 3.86. The fourth-order valence-corrected chi connectivity index (χ4v) is 1.12. The Labute approximate surface area is 79.1 Å². The highest BCUT2D eigenvalue weighted by molar-refractivity contribution is 5.86. The van der Waals surface area contributed by atoms with Gasteiger partial charge in [0.25, 0.3) is 0 Å². The van der Waals surface area contributed by atoms with E-state index in [0.717, 1.165) is 18.6 Å². The number of carbonyl (C=O) groups excluding carboxylic acids is 1. The largest absolute Gasteiger partial charge is 0.340 e. The topological polar surface area (TPSA) is 38.7 Å². The standard InChI is InChI=1S/C10H17NO2/c1-10(2,3)9(12)13-11-8-6-4-5-7-8/h4-7H2,1-3H3. The van der Waals surface area contributed by atoms with E-state index in [9.17, 15) is 4.79 Å². The van der Waals surface area contributed by atoms with Crippen molar-refractivity contribution < 1.29 is 9.63 Å². The van der Waals surface area contributed by atoms with Crippen LogP contribution in [0.25, 0.3) is 0 Å². The van der Waals surface area contributed by atoms with Crippen molar-refractivity contribution in [3.63, 3.8) is 0 Å². The molecule has 0 aromatic carbocycles. The number of oxime groups is 1. The lowest BCUT2D eigenvalue weighted by Gasteiger charge is -2.12. The SMILES string of the molecule is CC(C)(C)C(=O)ON=C1CCCC1. The molecule has 74 valence electrons. The molecule has 0 saturated heterocycles. The first-order valence-corrected chi connectivity index (χ1v) is 4.77. The van der Waals surface area contributed by atoms with Crippen LogP contribution in [0, 0.1) is 5.41 Å². The predicted octanol–water partition coefficient (Wildman–Crippen LogP) is 2.51. The Bertz CT molecular complexity index is 218. The van der Waals surface area contributed by atoms with Crippen molar-refractivity contribution in [2.24, 2.45) is 10.6 Å². The molecule has 0 spiro atoms. The summed E-state index contributed by atoms with van der Waals surface area (Å²) in [6.07, 6.45) is 4.31. The van der Waals surface area contributed by atoms with Crippen molar-refractivity contribution in [1.29, 1.82) is 0 Å². The van der Waals surface area contributed by atoms with E-state index in [1.54, 1.807) is 0 Å². The van der Waals surface area contributed by atoms with Crippen molar-refractivity contribution in [2.75, 3.05) is 0 Å². The first kappa shape index (κ1) is 10.2. The van der Waals surface area contributed by atoms with Gasteiger partial charge in [-0.15, -0.1) is 0 Å². The molecule has 3 nitrogen and oxygen atoms in total. The van der Waals surface area contributed by atoms with Gasteiger partial charge in [-0.3, -0.25) is 0 Å². The van der Waals surface area contributed by atoms with Gasteiger partial charge in [0.15, 0.2) is 0 Å². The molecule has 0 N–H and O–H groups in total. The van der Waals surface area contributed by atoms with E-state index in [1.165, 1.54) is 12.8 Å². The van der Waals surface area contributed by atoms with Crippen molar-refractivity contribution in [3.05, 3.63) is 0 Å². The van der Waals surface area contributed by atoms with Crippen LogP contribution in [0.15, 0.2) is 5.16 Å². The van der Waals surface area contributed by atoms with Crippen LogP contribution in [-0.4, -0.2) is 11.7 Å². The number of hydrogen-bond donors (Lipinski definition) is 0. The maximum Gasteiger partial charge on any atom is 0.340 e. The number of carbonyl (C=O) groups is 1. The van der Waals surface area contributed by atoms with Crippen LogP contribution in [0.1, 0.15) is 46.5 Å². The van der Waals surface area contributed by atoms with Gasteiger partial charge in [-0.05, 0) is 46.5 Å². The van der Waals surface area contributed by atoms with Gasteiger partial charge in [0, 0.05) is 0 Å². The number of hydrogen-bond acceptors (Lipinski definition) is 3. The molecule has 0 amide bonds. The average molecular weight is 183 g/mol. The van der Waals surface area contributed by atoms with Crippen molar-refractivity contribution in [3.8, 4) is 0 Å². The van der Waals surface area contributed by atoms with E-state index in [-0.39, 0.29) is 5.97 Å². The fourth-order valence-electron chi connectivity index (χ4n) is 1.12. The highest BCUT2D eigenvalue weighted by atomic mass is 16.7. The lowest BCUT2D eigenvalue weighted by Crippen LogP contribution is -2.21. The minimum Gasteiger partial charge on any atom is -0.318 e. The summed E-state index contributed by atoms with van der Waals surface area (Å²) < 4.78 is 0. The van der Waals surface area contributed by atoms with E-state index < -0.39 is 5.41 Å². The van der Waals surface area contributed by atoms with Crippen LogP contribution in [0.5, 0.6) is 0 Å². The van der Waals surface area contributed by atoms with Crippen molar-refractivity contribution in [2.45, 2.75) is 46.5 Å². The van der Waals surface area contributed by atoms with Gasteiger partial charge >= 0.3 is 5.97 Å². The zero-order valence-electron chi connectivity index (χ0n) is 8.59. The van der Waals surface area contributed by atoms with Gasteiger partial charge < -0.3 is 4.84 Å². The molecule has 1 aliphatic rings. The zero-order valence-corrected chi connectivity index (χ0v) is 8.59. The van der Waals surface area contributed by atoms with E-state index in [0.29, 0.717) is 0 Å². The highest BCUT2D eigenvalue weighted by Gasteiger charge is 2.23. The Hall–Kier alpha value is -0.860. The molecule has 13 heavy (non-hydrogen) atoms. The molecule has 0 bridgehead atoms. The van der Waals surface area contributed by atoms with Crippen LogP contribution in [-0.2, 0) is 9.63 Å². The quantitative estimate of drug-likeness (QED) is 0.463. The second kappa shape index (κ2) is 3.90. The third-order valence-corrected chi connectivity index (χ3v) is 2.05. The summed E-state index contributed by atoms with van der Waals surface area (Å²) >= 11 is 0. The van der Waals surface area contributed by atoms with E-state index in [1.807, 2.05) is 20.8 Å². The summed E-state index contributed by atoms with van der Waals surface area (Å²) in [6, 6.07) is 0. The second-order valence-electron chi connectivity index (χ2n) is 4.49. The molecule has 1 saturated carbocycles. The lowest BCUT2D eigenvalue weighted by molar-refractivity contribution is -0.152. The molecule has 0 unspecified atom stereocenters. The smallest absolute Gasteiger partial charge is 0.318 e. The highest BCUT2D eigenvalue weighted by Crippen LogP contribution is 2.18. The molecule has 0 atom stereocenters. The number of rotatable bonds is 1. The molecule has 1 aliphatic carbocycles. The lowest BCUT2D eigenvalue weighted by atomic mass is 9.98. The Morgan fingerprint density at radius 2 is 1.85 bits per heavy atom. The minimum atomic E-state index is -0.456. The Kier molecular flexibility index (Phi) is 3.07. The van der Waals surface area contributed by atoms with Crippen LogP contribution >= 0.6 is 0 Å². The van der Waals surface area contributed by atoms with Crippen LogP contribution in [0.4, 0.5) is 0 Å². The minimum absolute atomic E-state index is 0.258. The molecule has 0 aliphatic heterocycles. The Morgan fingerprint density at radius 1 is 1.31 bits per heavy atom. The van der Waals surface area contributed by atoms with Crippen molar-refractivity contribution >= 4 is 11.7 Å². The van der Waals surface area contributed by atoms with Gasteiger partial charge in [-0.2, -0.15) is 0 Å². The monoisotopic (exact) mass is 183 g/mol. The van der Waals surface area contributed by atoms with Gasteiger partial charge in [-0.1, -0.05) is 5.16 Å². The fraction of sp³-hybridized carbons (Fsp3) is 0.800. The molecule has 0 aromatic heterocycles. The molecule has 0 aromatic rings. The van der Waals surface area contributed by atoms with Crippen LogP contribution in [0.2, 0.25) is 0 Å². The predicted molar refractivity (Wildman–Crippen MR) is 51.5 cm³/mol. The average Bonchev–Trinajstić information content (AvgIpc) is 2.50. The van der Waals surface area contributed by atoms with Gasteiger partial charge in [0.1, 0.15) is 0 Å². The summed E-state index contributed by atoms with van der Waals surface area (Å²) in [4.78, 5) is 16.1. The maximum absolute atomic E-state index is 11.3. The molecule has 3 heteroatoms. The van der Waals surface area contributed by atoms with Gasteiger partial charge in [0.2, 0.25) is 0 Å². The third kappa shape index (κ3) is 3.17. The summed E-state index contributed by atoms with van der Waals surface area (Å²) in [5.41, 5.74) is 0.570. The summed E-state index contributed by atoms with van der Waals surface area (Å²) in [6.45, 7) is 5.47. The molecule has 1 rings (SSSR count). The number of nitrogens with zero attached hydrogens (tertiary/aromatic N) is 1. The van der Waals surface area contributed by atoms with E-state index in [4.69, 9.17) is 4.84 Å². The molecule has 1 fully saturated rings. The van der Waals surface area contributed by atoms with Crippen molar-refractivity contribution in [1.82, 2.24) is 0 Å². The normalized spacial score (nSPS) is 17.3. The van der Waals surface area contributed by atoms with Crippen LogP contribution < -0.4 is 0 Å². The first-order chi connectivity index (χ1) is 6.00. The van der Waals surface area contributed by atoms with E-state index >= 15 is 0 Å². The van der Waals surface area contributed by atoms with E-state index in [2.05, 4.69) is 5.16 Å². The summed E-state index contributed by atoms with van der Waals surface area (Å²) in [7, 11) is 0. The molecular formula is C10H17NO2. The third-order valence-electron chi connectivity index (χ3n) is 2.05.